The highest BCUT2D eigenvalue weighted by Gasteiger charge is 2.12. The lowest BCUT2D eigenvalue weighted by Crippen LogP contribution is -2.29. The molecule has 3 N–H and O–H groups in total. The van der Waals surface area contributed by atoms with Crippen molar-refractivity contribution in [2.75, 3.05) is 0 Å². The average Bonchev–Trinajstić information content (AvgIpc) is 2.78. The van der Waals surface area contributed by atoms with Crippen LogP contribution in [-0.4, -0.2) is 16.9 Å². The molecule has 0 aliphatic rings. The van der Waals surface area contributed by atoms with Gasteiger partial charge in [-0.05, 0) is 19.8 Å². The number of nitrogens with two attached hydrogens (primary N) is 1. The summed E-state index contributed by atoms with van der Waals surface area (Å²) >= 11 is 1.56. The van der Waals surface area contributed by atoms with E-state index in [-0.39, 0.29) is 17.9 Å². The number of amides is 1. The van der Waals surface area contributed by atoms with Crippen molar-refractivity contribution in [3.05, 3.63) is 16.6 Å². The van der Waals surface area contributed by atoms with E-state index in [0.717, 1.165) is 24.3 Å². The van der Waals surface area contributed by atoms with Crippen molar-refractivity contribution < 1.29 is 4.79 Å². The summed E-state index contributed by atoms with van der Waals surface area (Å²) in [6.45, 7) is 4.49. The summed E-state index contributed by atoms with van der Waals surface area (Å²) in [5, 5.41) is 5.76. The molecule has 0 spiro atoms. The Hall–Kier alpha value is -0.940. The van der Waals surface area contributed by atoms with Gasteiger partial charge in [0.05, 0.1) is 6.54 Å². The molecule has 0 saturated heterocycles. The van der Waals surface area contributed by atoms with Crippen molar-refractivity contribution in [1.82, 2.24) is 10.3 Å². The van der Waals surface area contributed by atoms with Gasteiger partial charge < -0.3 is 11.1 Å². The predicted octanol–water partition coefficient (Wildman–Crippen LogP) is 1.91. The van der Waals surface area contributed by atoms with Crippen molar-refractivity contribution in [3.8, 4) is 0 Å². The van der Waals surface area contributed by atoms with Gasteiger partial charge in [-0.1, -0.05) is 13.3 Å². The molecule has 0 aliphatic heterocycles. The highest BCUT2D eigenvalue weighted by molar-refractivity contribution is 7.09. The van der Waals surface area contributed by atoms with Gasteiger partial charge in [0.2, 0.25) is 5.91 Å². The van der Waals surface area contributed by atoms with Gasteiger partial charge >= 0.3 is 0 Å². The van der Waals surface area contributed by atoms with E-state index in [1.165, 1.54) is 0 Å². The van der Waals surface area contributed by atoms with Crippen LogP contribution in [0.15, 0.2) is 11.6 Å². The van der Waals surface area contributed by atoms with E-state index >= 15 is 0 Å². The number of rotatable bonds is 7. The van der Waals surface area contributed by atoms with Crippen LogP contribution >= 0.6 is 11.3 Å². The van der Waals surface area contributed by atoms with Gasteiger partial charge in [-0.2, -0.15) is 0 Å². The third-order valence-electron chi connectivity index (χ3n) is 2.64. The second-order valence-electron chi connectivity index (χ2n) is 4.45. The first-order valence-corrected chi connectivity index (χ1v) is 6.89. The van der Waals surface area contributed by atoms with E-state index < -0.39 is 0 Å². The summed E-state index contributed by atoms with van der Waals surface area (Å²) in [4.78, 5) is 15.9. The lowest BCUT2D eigenvalue weighted by atomic mass is 10.0. The zero-order valence-electron chi connectivity index (χ0n) is 10.5. The Kier molecular flexibility index (Phi) is 6.15. The molecule has 0 fully saturated rings. The van der Waals surface area contributed by atoms with Crippen LogP contribution in [0.5, 0.6) is 0 Å². The van der Waals surface area contributed by atoms with E-state index in [1.54, 1.807) is 17.5 Å². The second kappa shape index (κ2) is 7.40. The lowest BCUT2D eigenvalue weighted by molar-refractivity contribution is -0.124. The highest BCUT2D eigenvalue weighted by atomic mass is 32.1. The van der Waals surface area contributed by atoms with Gasteiger partial charge in [0.1, 0.15) is 5.01 Å². The molecule has 1 rings (SSSR count). The molecule has 1 aromatic rings. The number of hydrogen-bond acceptors (Lipinski definition) is 4. The van der Waals surface area contributed by atoms with Crippen molar-refractivity contribution in [2.24, 2.45) is 11.7 Å². The molecule has 2 unspecified atom stereocenters. The van der Waals surface area contributed by atoms with E-state index in [0.29, 0.717) is 6.54 Å². The highest BCUT2D eigenvalue weighted by Crippen LogP contribution is 2.10. The number of aromatic nitrogens is 1. The fourth-order valence-corrected chi connectivity index (χ4v) is 2.11. The molecule has 96 valence electrons. The van der Waals surface area contributed by atoms with Crippen molar-refractivity contribution in [1.29, 1.82) is 0 Å². The van der Waals surface area contributed by atoms with Crippen molar-refractivity contribution >= 4 is 17.2 Å². The second-order valence-corrected chi connectivity index (χ2v) is 5.43. The van der Waals surface area contributed by atoms with Crippen LogP contribution in [0.25, 0.3) is 0 Å². The summed E-state index contributed by atoms with van der Waals surface area (Å²) in [6, 6.07) is 0.223. The quantitative estimate of drug-likeness (QED) is 0.782. The number of thiazole rings is 1. The van der Waals surface area contributed by atoms with Crippen LogP contribution in [0.4, 0.5) is 0 Å². The maximum atomic E-state index is 11.7. The largest absolute Gasteiger partial charge is 0.349 e. The minimum absolute atomic E-state index is 0.0497. The normalized spacial score (nSPS) is 14.3. The minimum Gasteiger partial charge on any atom is -0.349 e. The zero-order valence-corrected chi connectivity index (χ0v) is 11.3. The Morgan fingerprint density at radius 2 is 2.29 bits per heavy atom. The fraction of sp³-hybridized carbons (Fsp3) is 0.667. The molecule has 1 amide bonds. The first kappa shape index (κ1) is 14.1. The van der Waals surface area contributed by atoms with Gasteiger partial charge in [0.25, 0.3) is 0 Å². The topological polar surface area (TPSA) is 68.0 Å². The molecule has 0 radical (unpaired) electrons. The number of hydrogen-bond donors (Lipinski definition) is 2. The molecular weight excluding hydrogens is 234 g/mol. The molecule has 17 heavy (non-hydrogen) atoms. The Labute approximate surface area is 107 Å². The monoisotopic (exact) mass is 255 g/mol. The molecule has 0 saturated carbocycles. The first-order chi connectivity index (χ1) is 8.09. The summed E-state index contributed by atoms with van der Waals surface area (Å²) in [5.41, 5.74) is 5.67. The summed E-state index contributed by atoms with van der Waals surface area (Å²) in [5.74, 6) is 0.151. The maximum Gasteiger partial charge on any atom is 0.223 e. The maximum absolute atomic E-state index is 11.7. The lowest BCUT2D eigenvalue weighted by Gasteiger charge is -2.12. The molecule has 1 aromatic heterocycles. The summed E-state index contributed by atoms with van der Waals surface area (Å²) in [7, 11) is 0. The smallest absolute Gasteiger partial charge is 0.223 e. The number of carbonyl (C=O) groups excluding carboxylic acids is 1. The predicted molar refractivity (Wildman–Crippen MR) is 70.6 cm³/mol. The van der Waals surface area contributed by atoms with E-state index in [1.807, 2.05) is 19.2 Å². The molecule has 0 aromatic carbocycles. The Balaban J connectivity index is 2.18. The van der Waals surface area contributed by atoms with E-state index in [2.05, 4.69) is 10.3 Å². The summed E-state index contributed by atoms with van der Waals surface area (Å²) < 4.78 is 0. The molecular formula is C12H21N3OS. The van der Waals surface area contributed by atoms with Gasteiger partial charge in [-0.25, -0.2) is 4.98 Å². The molecule has 0 bridgehead atoms. The van der Waals surface area contributed by atoms with Crippen LogP contribution in [-0.2, 0) is 11.3 Å². The van der Waals surface area contributed by atoms with Gasteiger partial charge in [0.15, 0.2) is 0 Å². The molecule has 0 aliphatic carbocycles. The molecule has 1 heterocycles. The third kappa shape index (κ3) is 5.79. The Morgan fingerprint density at radius 1 is 1.53 bits per heavy atom. The molecule has 2 atom stereocenters. The SMILES string of the molecule is CC(N)CCCC(C)C(=O)NCc1nccs1. The van der Waals surface area contributed by atoms with Crippen LogP contribution in [0.1, 0.15) is 38.1 Å². The van der Waals surface area contributed by atoms with Gasteiger partial charge in [0, 0.05) is 23.5 Å². The van der Waals surface area contributed by atoms with Crippen LogP contribution in [0.2, 0.25) is 0 Å². The van der Waals surface area contributed by atoms with Gasteiger partial charge in [-0.3, -0.25) is 4.79 Å². The van der Waals surface area contributed by atoms with Gasteiger partial charge in [-0.15, -0.1) is 11.3 Å². The van der Waals surface area contributed by atoms with Crippen LogP contribution in [0.3, 0.4) is 0 Å². The first-order valence-electron chi connectivity index (χ1n) is 6.01. The molecule has 5 heteroatoms. The fourth-order valence-electron chi connectivity index (χ4n) is 1.55. The summed E-state index contributed by atoms with van der Waals surface area (Å²) in [6.07, 6.45) is 4.62. The Bertz CT molecular complexity index is 325. The molecule has 4 nitrogen and oxygen atoms in total. The third-order valence-corrected chi connectivity index (χ3v) is 3.42. The van der Waals surface area contributed by atoms with Crippen molar-refractivity contribution in [2.45, 2.75) is 45.7 Å². The van der Waals surface area contributed by atoms with Crippen molar-refractivity contribution in [3.63, 3.8) is 0 Å². The minimum atomic E-state index is 0.0497. The zero-order chi connectivity index (χ0) is 12.7. The van der Waals surface area contributed by atoms with E-state index in [9.17, 15) is 4.79 Å². The van der Waals surface area contributed by atoms with E-state index in [4.69, 9.17) is 5.73 Å². The Morgan fingerprint density at radius 3 is 2.88 bits per heavy atom. The standard InChI is InChI=1S/C12H21N3OS/c1-9(4-3-5-10(2)13)12(16)15-8-11-14-6-7-17-11/h6-7,9-10H,3-5,8,13H2,1-2H3,(H,15,16). The average molecular weight is 255 g/mol. The number of carbonyl (C=O) groups is 1. The number of nitrogens with zero attached hydrogens (tertiary/aromatic N) is 1. The van der Waals surface area contributed by atoms with Crippen LogP contribution in [0, 0.1) is 5.92 Å². The number of nitrogens with one attached hydrogen (secondary N) is 1. The van der Waals surface area contributed by atoms with Crippen LogP contribution < -0.4 is 11.1 Å².